The molecule has 1 saturated heterocycles. The fourth-order valence-electron chi connectivity index (χ4n) is 5.27. The van der Waals surface area contributed by atoms with Crippen molar-refractivity contribution in [1.29, 1.82) is 0 Å². The number of nitrogens with zero attached hydrogens (tertiary/aromatic N) is 1. The highest BCUT2D eigenvalue weighted by Crippen LogP contribution is 2.59. The van der Waals surface area contributed by atoms with Crippen molar-refractivity contribution in [2.75, 3.05) is 4.90 Å². The molecule has 6 nitrogen and oxygen atoms in total. The molecule has 3 aromatic rings. The van der Waals surface area contributed by atoms with Gasteiger partial charge < -0.3 is 10.4 Å². The standard InChI is InChI=1S/C25H17Cl3N2O4/c26-14-5-3-4-13(10-14)18-12-21(31)29-22(16-6-1-2-7-19(16)28)25(18)17-9-8-15(27)11-20(17)30(23(25)32)24(33)34/h1-11,18,22H,12H2,(H,29,31)(H,33,34). The van der Waals surface area contributed by atoms with Crippen LogP contribution in [0.15, 0.2) is 66.7 Å². The van der Waals surface area contributed by atoms with Crippen LogP contribution in [0.3, 0.4) is 0 Å². The van der Waals surface area contributed by atoms with Crippen LogP contribution in [0.1, 0.15) is 35.1 Å². The first kappa shape index (κ1) is 22.7. The first-order valence-corrected chi connectivity index (χ1v) is 11.5. The lowest BCUT2D eigenvalue weighted by molar-refractivity contribution is -0.132. The van der Waals surface area contributed by atoms with Gasteiger partial charge in [0.25, 0.3) is 0 Å². The number of nitrogens with one attached hydrogen (secondary N) is 1. The van der Waals surface area contributed by atoms with E-state index in [4.69, 9.17) is 34.8 Å². The molecule has 5 rings (SSSR count). The Hall–Kier alpha value is -3.06. The second-order valence-corrected chi connectivity index (χ2v) is 9.57. The van der Waals surface area contributed by atoms with Gasteiger partial charge >= 0.3 is 6.09 Å². The van der Waals surface area contributed by atoms with Crippen LogP contribution in [0.4, 0.5) is 10.5 Å². The number of carbonyl (C=O) groups excluding carboxylic acids is 2. The van der Waals surface area contributed by atoms with Gasteiger partial charge in [0.2, 0.25) is 11.8 Å². The van der Waals surface area contributed by atoms with Crippen molar-refractivity contribution in [1.82, 2.24) is 5.32 Å². The summed E-state index contributed by atoms with van der Waals surface area (Å²) >= 11 is 19.0. The molecule has 2 aliphatic rings. The average molecular weight is 516 g/mol. The van der Waals surface area contributed by atoms with E-state index in [1.807, 2.05) is 0 Å². The molecular weight excluding hydrogens is 499 g/mol. The van der Waals surface area contributed by atoms with Crippen molar-refractivity contribution in [3.05, 3.63) is 98.5 Å². The number of benzene rings is 3. The van der Waals surface area contributed by atoms with Crippen LogP contribution in [0.2, 0.25) is 15.1 Å². The molecule has 2 aliphatic heterocycles. The summed E-state index contributed by atoms with van der Waals surface area (Å²) in [4.78, 5) is 40.3. The summed E-state index contributed by atoms with van der Waals surface area (Å²) in [5, 5.41) is 14.0. The number of fused-ring (bicyclic) bond motifs is 2. The molecule has 34 heavy (non-hydrogen) atoms. The van der Waals surface area contributed by atoms with Gasteiger partial charge in [-0.2, -0.15) is 0 Å². The van der Waals surface area contributed by atoms with Crippen molar-refractivity contribution in [2.45, 2.75) is 23.8 Å². The van der Waals surface area contributed by atoms with Crippen LogP contribution >= 0.6 is 34.8 Å². The van der Waals surface area contributed by atoms with Gasteiger partial charge in [0.05, 0.1) is 11.7 Å². The van der Waals surface area contributed by atoms with E-state index in [0.29, 0.717) is 31.6 Å². The number of imide groups is 1. The summed E-state index contributed by atoms with van der Waals surface area (Å²) in [6.45, 7) is 0. The number of amides is 3. The maximum Gasteiger partial charge on any atom is 0.418 e. The first-order chi connectivity index (χ1) is 16.2. The third-order valence-electron chi connectivity index (χ3n) is 6.56. The van der Waals surface area contributed by atoms with Crippen LogP contribution in [0.25, 0.3) is 0 Å². The monoisotopic (exact) mass is 514 g/mol. The maximum absolute atomic E-state index is 14.2. The lowest BCUT2D eigenvalue weighted by atomic mass is 9.59. The van der Waals surface area contributed by atoms with Gasteiger partial charge in [-0.3, -0.25) is 9.59 Å². The molecule has 3 unspecified atom stereocenters. The van der Waals surface area contributed by atoms with Gasteiger partial charge in [-0.15, -0.1) is 0 Å². The predicted molar refractivity (Wildman–Crippen MR) is 130 cm³/mol. The largest absolute Gasteiger partial charge is 0.464 e. The van der Waals surface area contributed by atoms with Crippen LogP contribution in [0.5, 0.6) is 0 Å². The van der Waals surface area contributed by atoms with Crippen molar-refractivity contribution < 1.29 is 19.5 Å². The minimum atomic E-state index is -1.51. The Morgan fingerprint density at radius 2 is 1.71 bits per heavy atom. The third-order valence-corrected chi connectivity index (χ3v) is 7.38. The second kappa shape index (κ2) is 8.31. The Bertz CT molecular complexity index is 1360. The molecule has 9 heteroatoms. The molecule has 3 aromatic carbocycles. The van der Waals surface area contributed by atoms with Crippen LogP contribution in [-0.2, 0) is 15.0 Å². The Morgan fingerprint density at radius 3 is 2.41 bits per heavy atom. The molecule has 0 radical (unpaired) electrons. The molecule has 2 heterocycles. The Balaban J connectivity index is 1.88. The Kier molecular flexibility index (Phi) is 5.55. The maximum atomic E-state index is 14.2. The van der Waals surface area contributed by atoms with Crippen molar-refractivity contribution >= 4 is 58.4 Å². The number of anilines is 1. The quantitative estimate of drug-likeness (QED) is 0.441. The summed E-state index contributed by atoms with van der Waals surface area (Å²) < 4.78 is 0. The number of halogens is 3. The lowest BCUT2D eigenvalue weighted by Gasteiger charge is -2.46. The van der Waals surface area contributed by atoms with Crippen molar-refractivity contribution in [3.8, 4) is 0 Å². The van der Waals surface area contributed by atoms with Gasteiger partial charge in [-0.05, 0) is 47.0 Å². The molecule has 3 amide bonds. The fraction of sp³-hybridized carbons (Fsp3) is 0.160. The van der Waals surface area contributed by atoms with Crippen molar-refractivity contribution in [2.24, 2.45) is 0 Å². The average Bonchev–Trinajstić information content (AvgIpc) is 3.03. The molecule has 1 spiro atoms. The number of hydrogen-bond donors (Lipinski definition) is 2. The lowest BCUT2D eigenvalue weighted by Crippen LogP contribution is -2.58. The van der Waals surface area contributed by atoms with Crippen LogP contribution < -0.4 is 10.2 Å². The highest BCUT2D eigenvalue weighted by Gasteiger charge is 2.64. The van der Waals surface area contributed by atoms with E-state index in [-0.39, 0.29) is 23.0 Å². The van der Waals surface area contributed by atoms with E-state index in [2.05, 4.69) is 5.32 Å². The van der Waals surface area contributed by atoms with Gasteiger partial charge in [-0.1, -0.05) is 71.2 Å². The van der Waals surface area contributed by atoms with E-state index in [1.165, 1.54) is 6.07 Å². The molecule has 0 saturated carbocycles. The summed E-state index contributed by atoms with van der Waals surface area (Å²) in [6.07, 6.45) is -1.49. The van der Waals surface area contributed by atoms with Crippen LogP contribution in [-0.4, -0.2) is 23.0 Å². The van der Waals surface area contributed by atoms with E-state index in [9.17, 15) is 19.5 Å². The number of carboxylic acid groups (broad SMARTS) is 1. The number of piperidine rings is 1. The number of carbonyl (C=O) groups is 3. The minimum Gasteiger partial charge on any atom is -0.464 e. The van der Waals surface area contributed by atoms with Crippen LogP contribution in [0, 0.1) is 0 Å². The predicted octanol–water partition coefficient (Wildman–Crippen LogP) is 5.95. The Morgan fingerprint density at radius 1 is 0.971 bits per heavy atom. The van der Waals surface area contributed by atoms with Gasteiger partial charge in [0, 0.05) is 27.4 Å². The molecule has 0 aromatic heterocycles. The Labute approximate surface area is 210 Å². The molecule has 0 aliphatic carbocycles. The van der Waals surface area contributed by atoms with Gasteiger partial charge in [-0.25, -0.2) is 9.69 Å². The van der Waals surface area contributed by atoms with E-state index in [1.54, 1.807) is 60.7 Å². The minimum absolute atomic E-state index is 0.0530. The number of hydrogen-bond acceptors (Lipinski definition) is 3. The zero-order chi connectivity index (χ0) is 24.2. The second-order valence-electron chi connectivity index (χ2n) is 8.29. The molecular formula is C25H17Cl3N2O4. The summed E-state index contributed by atoms with van der Waals surface area (Å²) in [5.41, 5.74) is 0.234. The normalized spacial score (nSPS) is 23.7. The highest BCUT2D eigenvalue weighted by atomic mass is 35.5. The summed E-state index contributed by atoms with van der Waals surface area (Å²) in [6, 6.07) is 17.6. The van der Waals surface area contributed by atoms with E-state index < -0.39 is 29.4 Å². The zero-order valence-corrected chi connectivity index (χ0v) is 19.7. The molecule has 3 atom stereocenters. The number of rotatable bonds is 2. The first-order valence-electron chi connectivity index (χ1n) is 10.4. The topological polar surface area (TPSA) is 86.7 Å². The van der Waals surface area contributed by atoms with E-state index >= 15 is 0 Å². The van der Waals surface area contributed by atoms with Gasteiger partial charge in [0.1, 0.15) is 5.41 Å². The smallest absolute Gasteiger partial charge is 0.418 e. The molecule has 0 bridgehead atoms. The SMILES string of the molecule is O=C1CC(c2cccc(Cl)c2)C2(C(=O)N(C(=O)O)c3cc(Cl)ccc32)C(c2ccccc2Cl)N1. The molecule has 172 valence electrons. The summed E-state index contributed by atoms with van der Waals surface area (Å²) in [7, 11) is 0. The third kappa shape index (κ3) is 3.28. The summed E-state index contributed by atoms with van der Waals surface area (Å²) in [5.74, 6) is -1.71. The fourth-order valence-corrected chi connectivity index (χ4v) is 5.88. The van der Waals surface area contributed by atoms with Crippen molar-refractivity contribution in [3.63, 3.8) is 0 Å². The van der Waals surface area contributed by atoms with E-state index in [0.717, 1.165) is 0 Å². The highest BCUT2D eigenvalue weighted by molar-refractivity contribution is 6.32. The van der Waals surface area contributed by atoms with Gasteiger partial charge in [0.15, 0.2) is 0 Å². The zero-order valence-electron chi connectivity index (χ0n) is 17.5. The molecule has 2 N–H and O–H groups in total. The molecule has 1 fully saturated rings.